The van der Waals surface area contributed by atoms with Gasteiger partial charge in [-0.3, -0.25) is 14.9 Å². The third-order valence-corrected chi connectivity index (χ3v) is 5.28. The van der Waals surface area contributed by atoms with Crippen molar-refractivity contribution in [2.45, 2.75) is 25.8 Å². The number of hydrogen-bond acceptors (Lipinski definition) is 5. The van der Waals surface area contributed by atoms with Crippen LogP contribution in [0.2, 0.25) is 0 Å². The first kappa shape index (κ1) is 21.8. The molecule has 3 aromatic rings. The van der Waals surface area contributed by atoms with E-state index in [2.05, 4.69) is 9.88 Å². The molecule has 0 spiro atoms. The second-order valence-electron chi connectivity index (χ2n) is 7.33. The Morgan fingerprint density at radius 1 is 1.10 bits per heavy atom. The fourth-order valence-electron chi connectivity index (χ4n) is 3.56. The predicted molar refractivity (Wildman–Crippen MR) is 116 cm³/mol. The van der Waals surface area contributed by atoms with E-state index in [4.69, 9.17) is 9.94 Å². The van der Waals surface area contributed by atoms with Crippen molar-refractivity contribution < 1.29 is 19.8 Å². The summed E-state index contributed by atoms with van der Waals surface area (Å²) in [5, 5.41) is 19.2. The molecule has 0 atom stereocenters. The Hall–Kier alpha value is -2.87. The van der Waals surface area contributed by atoms with Gasteiger partial charge in [0.05, 0.1) is 13.7 Å². The number of carbonyl (C=O) groups excluding carboxylic acids is 1. The average molecular weight is 412 g/mol. The van der Waals surface area contributed by atoms with Crippen LogP contribution in [0.5, 0.6) is 5.75 Å². The van der Waals surface area contributed by atoms with E-state index in [0.717, 1.165) is 47.3 Å². The van der Waals surface area contributed by atoms with Crippen molar-refractivity contribution in [3.05, 3.63) is 65.4 Å². The fourth-order valence-corrected chi connectivity index (χ4v) is 3.56. The standard InChI is InChI=1S/C23H29N3O4/c1-30-20-7-8-22-21(14-20)19(15-24-22)10-11-26(12-13-27)16-18-4-2-17(3-5-18)6-9-23(28)25-29/h2-5,7-8,14-15,24,27,29H,6,9-13,16H2,1H3,(H,25,28). The van der Waals surface area contributed by atoms with Crippen LogP contribution in [0.15, 0.2) is 48.7 Å². The molecule has 7 heteroatoms. The van der Waals surface area contributed by atoms with Crippen LogP contribution in [-0.2, 0) is 24.2 Å². The Bertz CT molecular complexity index is 953. The molecular weight excluding hydrogens is 382 g/mol. The second-order valence-corrected chi connectivity index (χ2v) is 7.33. The van der Waals surface area contributed by atoms with Crippen LogP contribution in [0, 0.1) is 0 Å². The highest BCUT2D eigenvalue weighted by molar-refractivity contribution is 5.84. The summed E-state index contributed by atoms with van der Waals surface area (Å²) in [5.74, 6) is 0.454. The topological polar surface area (TPSA) is 97.8 Å². The molecule has 0 saturated heterocycles. The van der Waals surface area contributed by atoms with Gasteiger partial charge in [-0.15, -0.1) is 0 Å². The van der Waals surface area contributed by atoms with Gasteiger partial charge in [-0.25, -0.2) is 5.48 Å². The zero-order chi connectivity index (χ0) is 21.3. The average Bonchev–Trinajstić information content (AvgIpc) is 3.19. The van der Waals surface area contributed by atoms with Crippen molar-refractivity contribution in [1.82, 2.24) is 15.4 Å². The third kappa shape index (κ3) is 5.82. The lowest BCUT2D eigenvalue weighted by Crippen LogP contribution is -2.28. The van der Waals surface area contributed by atoms with Crippen molar-refractivity contribution in [2.24, 2.45) is 0 Å². The van der Waals surface area contributed by atoms with Gasteiger partial charge in [0.25, 0.3) is 0 Å². The van der Waals surface area contributed by atoms with Gasteiger partial charge < -0.3 is 14.8 Å². The molecule has 0 radical (unpaired) electrons. The summed E-state index contributed by atoms with van der Waals surface area (Å²) >= 11 is 0. The largest absolute Gasteiger partial charge is 0.497 e. The van der Waals surface area contributed by atoms with Crippen LogP contribution in [0.1, 0.15) is 23.1 Å². The van der Waals surface area contributed by atoms with E-state index in [9.17, 15) is 9.90 Å². The van der Waals surface area contributed by atoms with E-state index < -0.39 is 0 Å². The molecule has 4 N–H and O–H groups in total. The smallest absolute Gasteiger partial charge is 0.243 e. The van der Waals surface area contributed by atoms with E-state index in [1.54, 1.807) is 12.6 Å². The zero-order valence-corrected chi connectivity index (χ0v) is 17.2. The summed E-state index contributed by atoms with van der Waals surface area (Å²) in [5.41, 5.74) is 6.16. The number of aromatic nitrogens is 1. The molecular formula is C23H29N3O4. The van der Waals surface area contributed by atoms with E-state index in [1.807, 2.05) is 48.7 Å². The minimum absolute atomic E-state index is 0.107. The Morgan fingerprint density at radius 3 is 2.57 bits per heavy atom. The van der Waals surface area contributed by atoms with Gasteiger partial charge in [-0.1, -0.05) is 24.3 Å². The summed E-state index contributed by atoms with van der Waals surface area (Å²) in [6, 6.07) is 14.1. The number of aliphatic hydroxyl groups is 1. The third-order valence-electron chi connectivity index (χ3n) is 5.28. The number of carbonyl (C=O) groups is 1. The molecule has 1 heterocycles. The molecule has 0 aliphatic heterocycles. The number of hydrogen-bond donors (Lipinski definition) is 4. The van der Waals surface area contributed by atoms with Gasteiger partial charge in [-0.05, 0) is 47.7 Å². The molecule has 0 aliphatic rings. The lowest BCUT2D eigenvalue weighted by atomic mass is 10.1. The molecule has 1 amide bonds. The summed E-state index contributed by atoms with van der Waals surface area (Å²) in [6.07, 6.45) is 3.74. The lowest BCUT2D eigenvalue weighted by molar-refractivity contribution is -0.129. The molecule has 160 valence electrons. The maximum atomic E-state index is 11.2. The zero-order valence-electron chi connectivity index (χ0n) is 17.2. The van der Waals surface area contributed by atoms with Crippen LogP contribution in [0.4, 0.5) is 0 Å². The van der Waals surface area contributed by atoms with Crippen LogP contribution >= 0.6 is 0 Å². The fraction of sp³-hybridized carbons (Fsp3) is 0.348. The Balaban J connectivity index is 1.60. The number of hydroxylamine groups is 1. The number of nitrogens with zero attached hydrogens (tertiary/aromatic N) is 1. The van der Waals surface area contributed by atoms with Crippen LogP contribution in [-0.4, -0.2) is 52.9 Å². The highest BCUT2D eigenvalue weighted by Crippen LogP contribution is 2.24. The number of aromatic amines is 1. The van der Waals surface area contributed by atoms with Gasteiger partial charge in [0, 0.05) is 43.2 Å². The SMILES string of the molecule is COc1ccc2[nH]cc(CCN(CCO)Cc3ccc(CCC(=O)NO)cc3)c2c1. The van der Waals surface area contributed by atoms with E-state index in [0.29, 0.717) is 13.0 Å². The van der Waals surface area contributed by atoms with Crippen LogP contribution in [0.25, 0.3) is 10.9 Å². The lowest BCUT2D eigenvalue weighted by Gasteiger charge is -2.21. The summed E-state index contributed by atoms with van der Waals surface area (Å²) in [7, 11) is 1.67. The van der Waals surface area contributed by atoms with Gasteiger partial charge in [-0.2, -0.15) is 0 Å². The Kier molecular flexibility index (Phi) is 7.84. The molecule has 2 aromatic carbocycles. The van der Waals surface area contributed by atoms with Crippen molar-refractivity contribution in [2.75, 3.05) is 26.8 Å². The van der Waals surface area contributed by atoms with Gasteiger partial charge in [0.15, 0.2) is 0 Å². The summed E-state index contributed by atoms with van der Waals surface area (Å²) in [6.45, 7) is 2.27. The van der Waals surface area contributed by atoms with Crippen LogP contribution in [0.3, 0.4) is 0 Å². The molecule has 7 nitrogen and oxygen atoms in total. The first-order valence-electron chi connectivity index (χ1n) is 10.1. The number of aryl methyl sites for hydroxylation is 1. The predicted octanol–water partition coefficient (Wildman–Crippen LogP) is 2.65. The molecule has 0 fully saturated rings. The second kappa shape index (κ2) is 10.8. The van der Waals surface area contributed by atoms with Crippen molar-refractivity contribution in [1.29, 1.82) is 0 Å². The number of rotatable bonds is 11. The number of benzene rings is 2. The molecule has 0 aliphatic carbocycles. The number of ether oxygens (including phenoxy) is 1. The molecule has 30 heavy (non-hydrogen) atoms. The number of H-pyrrole nitrogens is 1. The van der Waals surface area contributed by atoms with E-state index in [1.165, 1.54) is 5.56 Å². The van der Waals surface area contributed by atoms with Crippen molar-refractivity contribution >= 4 is 16.8 Å². The van der Waals surface area contributed by atoms with Gasteiger partial charge >= 0.3 is 0 Å². The molecule has 3 rings (SSSR count). The number of aliphatic hydroxyl groups excluding tert-OH is 1. The molecule has 0 saturated carbocycles. The summed E-state index contributed by atoms with van der Waals surface area (Å²) < 4.78 is 5.34. The molecule has 0 bridgehead atoms. The maximum absolute atomic E-state index is 11.2. The normalized spacial score (nSPS) is 11.2. The Morgan fingerprint density at radius 2 is 1.87 bits per heavy atom. The number of amides is 1. The highest BCUT2D eigenvalue weighted by atomic mass is 16.5. The van der Waals surface area contributed by atoms with Crippen LogP contribution < -0.4 is 10.2 Å². The van der Waals surface area contributed by atoms with Gasteiger partial charge in [0.2, 0.25) is 5.91 Å². The van der Waals surface area contributed by atoms with Crippen molar-refractivity contribution in [3.63, 3.8) is 0 Å². The van der Waals surface area contributed by atoms with Crippen molar-refractivity contribution in [3.8, 4) is 5.75 Å². The van der Waals surface area contributed by atoms with Gasteiger partial charge in [0.1, 0.15) is 5.75 Å². The minimum Gasteiger partial charge on any atom is -0.497 e. The number of methoxy groups -OCH3 is 1. The molecule has 1 aromatic heterocycles. The molecule has 0 unspecified atom stereocenters. The first-order chi connectivity index (χ1) is 14.6. The maximum Gasteiger partial charge on any atom is 0.243 e. The number of fused-ring (bicyclic) bond motifs is 1. The quantitative estimate of drug-likeness (QED) is 0.287. The Labute approximate surface area is 176 Å². The first-order valence-corrected chi connectivity index (χ1v) is 10.1. The van der Waals surface area contributed by atoms with E-state index in [-0.39, 0.29) is 18.9 Å². The number of nitrogens with one attached hydrogen (secondary N) is 2. The van der Waals surface area contributed by atoms with E-state index >= 15 is 0 Å². The monoisotopic (exact) mass is 411 g/mol. The minimum atomic E-state index is -0.386. The summed E-state index contributed by atoms with van der Waals surface area (Å²) in [4.78, 5) is 16.7. The highest BCUT2D eigenvalue weighted by Gasteiger charge is 2.10.